The standard InChI is InChI=1S/C21H26N4O3S/c1-3-28-19(26)17-13-29-20(22-17)23-21(27)24-9-7-16(8-10-24)25-11-6-15-5-4-14(2)12-18(15)25/h4-5,12-13,16H,3,6-11H2,1-2H3,(H,22,23,27). The number of carbonyl (C=O) groups excluding carboxylic acids is 2. The Hall–Kier alpha value is -2.61. The maximum Gasteiger partial charge on any atom is 0.357 e. The average molecular weight is 415 g/mol. The number of aromatic nitrogens is 1. The van der Waals surface area contributed by atoms with Gasteiger partial charge in [-0.25, -0.2) is 14.6 Å². The van der Waals surface area contributed by atoms with Crippen molar-refractivity contribution in [2.24, 2.45) is 0 Å². The van der Waals surface area contributed by atoms with E-state index in [1.165, 1.54) is 28.2 Å². The van der Waals surface area contributed by atoms with Crippen molar-refractivity contribution in [1.29, 1.82) is 0 Å². The van der Waals surface area contributed by atoms with Crippen LogP contribution in [0.2, 0.25) is 0 Å². The largest absolute Gasteiger partial charge is 0.461 e. The molecule has 2 aliphatic rings. The highest BCUT2D eigenvalue weighted by Gasteiger charge is 2.31. The second kappa shape index (κ2) is 8.41. The molecule has 3 heterocycles. The second-order valence-corrected chi connectivity index (χ2v) is 8.34. The highest BCUT2D eigenvalue weighted by Crippen LogP contribution is 2.33. The number of aryl methyl sites for hydroxylation is 1. The first-order chi connectivity index (χ1) is 14.0. The van der Waals surface area contributed by atoms with E-state index in [1.807, 2.05) is 4.90 Å². The summed E-state index contributed by atoms with van der Waals surface area (Å²) in [7, 11) is 0. The van der Waals surface area contributed by atoms with Crippen LogP contribution in [-0.2, 0) is 11.2 Å². The van der Waals surface area contributed by atoms with Gasteiger partial charge in [-0.1, -0.05) is 12.1 Å². The number of anilines is 2. The maximum atomic E-state index is 12.6. The van der Waals surface area contributed by atoms with Crippen LogP contribution >= 0.6 is 11.3 Å². The van der Waals surface area contributed by atoms with Crippen LogP contribution in [0, 0.1) is 6.92 Å². The van der Waals surface area contributed by atoms with Crippen molar-refractivity contribution in [2.45, 2.75) is 39.2 Å². The minimum absolute atomic E-state index is 0.161. The summed E-state index contributed by atoms with van der Waals surface area (Å²) in [5, 5.41) is 4.83. The van der Waals surface area contributed by atoms with Crippen molar-refractivity contribution < 1.29 is 14.3 Å². The molecule has 1 fully saturated rings. The Morgan fingerprint density at radius 1 is 1.28 bits per heavy atom. The number of ether oxygens (including phenoxy) is 1. The average Bonchev–Trinajstić information content (AvgIpc) is 3.35. The fourth-order valence-electron chi connectivity index (χ4n) is 4.07. The number of hydrogen-bond acceptors (Lipinski definition) is 6. The second-order valence-electron chi connectivity index (χ2n) is 7.48. The number of piperidine rings is 1. The van der Waals surface area contributed by atoms with E-state index < -0.39 is 5.97 Å². The van der Waals surface area contributed by atoms with Crippen molar-refractivity contribution >= 4 is 34.2 Å². The van der Waals surface area contributed by atoms with E-state index in [4.69, 9.17) is 4.74 Å². The van der Waals surface area contributed by atoms with Crippen LogP contribution in [0.5, 0.6) is 0 Å². The van der Waals surface area contributed by atoms with Gasteiger partial charge in [0.25, 0.3) is 0 Å². The third-order valence-corrected chi connectivity index (χ3v) is 6.33. The molecule has 154 valence electrons. The molecule has 0 unspecified atom stereocenters. The zero-order valence-electron chi connectivity index (χ0n) is 16.8. The SMILES string of the molecule is CCOC(=O)c1csc(NC(=O)N2CCC(N3CCc4ccc(C)cc43)CC2)n1. The lowest BCUT2D eigenvalue weighted by Crippen LogP contribution is -2.47. The van der Waals surface area contributed by atoms with Crippen LogP contribution in [0.3, 0.4) is 0 Å². The van der Waals surface area contributed by atoms with Gasteiger partial charge in [0.2, 0.25) is 0 Å². The highest BCUT2D eigenvalue weighted by atomic mass is 32.1. The van der Waals surface area contributed by atoms with Crippen molar-refractivity contribution in [2.75, 3.05) is 36.5 Å². The van der Waals surface area contributed by atoms with Gasteiger partial charge in [-0.05, 0) is 50.3 Å². The summed E-state index contributed by atoms with van der Waals surface area (Å²) in [5.41, 5.74) is 4.31. The van der Waals surface area contributed by atoms with E-state index in [2.05, 4.69) is 40.3 Å². The molecule has 0 bridgehead atoms. The number of benzene rings is 1. The van der Waals surface area contributed by atoms with Crippen molar-refractivity contribution in [3.05, 3.63) is 40.4 Å². The third-order valence-electron chi connectivity index (χ3n) is 5.57. The van der Waals surface area contributed by atoms with Crippen LogP contribution < -0.4 is 10.2 Å². The summed E-state index contributed by atoms with van der Waals surface area (Å²) in [6.07, 6.45) is 3.00. The van der Waals surface area contributed by atoms with Crippen LogP contribution in [0.4, 0.5) is 15.6 Å². The van der Waals surface area contributed by atoms with Crippen molar-refractivity contribution in [3.8, 4) is 0 Å². The zero-order valence-corrected chi connectivity index (χ0v) is 17.6. The lowest BCUT2D eigenvalue weighted by Gasteiger charge is -2.38. The first-order valence-electron chi connectivity index (χ1n) is 10.1. The van der Waals surface area contributed by atoms with Crippen LogP contribution in [0.1, 0.15) is 41.4 Å². The molecule has 7 nitrogen and oxygen atoms in total. The van der Waals surface area contributed by atoms with Crippen LogP contribution in [0.15, 0.2) is 23.6 Å². The number of carbonyl (C=O) groups is 2. The molecule has 0 saturated carbocycles. The van der Waals surface area contributed by atoms with Gasteiger partial charge in [0.05, 0.1) is 6.61 Å². The summed E-state index contributed by atoms with van der Waals surface area (Å²) < 4.78 is 4.93. The molecule has 2 aliphatic heterocycles. The fourth-order valence-corrected chi connectivity index (χ4v) is 4.74. The number of fused-ring (bicyclic) bond motifs is 1. The van der Waals surface area contributed by atoms with E-state index in [0.717, 1.165) is 25.8 Å². The molecule has 29 heavy (non-hydrogen) atoms. The lowest BCUT2D eigenvalue weighted by atomic mass is 10.0. The van der Waals surface area contributed by atoms with Gasteiger partial charge < -0.3 is 14.5 Å². The van der Waals surface area contributed by atoms with Gasteiger partial charge in [0, 0.05) is 36.7 Å². The third kappa shape index (κ3) is 4.22. The lowest BCUT2D eigenvalue weighted by molar-refractivity contribution is 0.0520. The summed E-state index contributed by atoms with van der Waals surface area (Å²) in [4.78, 5) is 32.8. The molecule has 2 aromatic rings. The van der Waals surface area contributed by atoms with Crippen molar-refractivity contribution in [1.82, 2.24) is 9.88 Å². The maximum absolute atomic E-state index is 12.6. The van der Waals surface area contributed by atoms with Crippen LogP contribution in [0.25, 0.3) is 0 Å². The molecule has 1 aromatic heterocycles. The Balaban J connectivity index is 1.32. The predicted octanol–water partition coefficient (Wildman–Crippen LogP) is 3.69. The number of likely N-dealkylation sites (tertiary alicyclic amines) is 1. The highest BCUT2D eigenvalue weighted by molar-refractivity contribution is 7.14. The van der Waals surface area contributed by atoms with E-state index in [1.54, 1.807) is 12.3 Å². The molecule has 0 radical (unpaired) electrons. The Kier molecular flexibility index (Phi) is 5.71. The molecule has 1 aromatic carbocycles. The minimum atomic E-state index is -0.466. The van der Waals surface area contributed by atoms with E-state index in [-0.39, 0.29) is 11.7 Å². The Bertz CT molecular complexity index is 905. The molecule has 1 saturated heterocycles. The molecule has 0 aliphatic carbocycles. The molecule has 0 atom stereocenters. The molecule has 4 rings (SSSR count). The van der Waals surface area contributed by atoms with E-state index in [9.17, 15) is 9.59 Å². The molecule has 8 heteroatoms. The monoisotopic (exact) mass is 414 g/mol. The number of hydrogen-bond donors (Lipinski definition) is 1. The summed E-state index contributed by atoms with van der Waals surface area (Å²) in [5.74, 6) is -0.466. The summed E-state index contributed by atoms with van der Waals surface area (Å²) >= 11 is 1.23. The van der Waals surface area contributed by atoms with Gasteiger partial charge >= 0.3 is 12.0 Å². The Morgan fingerprint density at radius 3 is 2.83 bits per heavy atom. The minimum Gasteiger partial charge on any atom is -0.461 e. The van der Waals surface area contributed by atoms with Gasteiger partial charge in [-0.15, -0.1) is 11.3 Å². The van der Waals surface area contributed by atoms with Gasteiger partial charge in [0.1, 0.15) is 0 Å². The number of nitrogens with zero attached hydrogens (tertiary/aromatic N) is 3. The van der Waals surface area contributed by atoms with Gasteiger partial charge in [-0.3, -0.25) is 5.32 Å². The molecular formula is C21H26N4O3S. The van der Waals surface area contributed by atoms with Gasteiger partial charge in [0.15, 0.2) is 10.8 Å². The predicted molar refractivity (Wildman–Crippen MR) is 114 cm³/mol. The van der Waals surface area contributed by atoms with Crippen LogP contribution in [-0.4, -0.2) is 54.2 Å². The number of thiazole rings is 1. The Labute approximate surface area is 174 Å². The summed E-state index contributed by atoms with van der Waals surface area (Å²) in [6, 6.07) is 7.01. The Morgan fingerprint density at radius 2 is 2.07 bits per heavy atom. The van der Waals surface area contributed by atoms with E-state index in [0.29, 0.717) is 30.9 Å². The fraction of sp³-hybridized carbons (Fsp3) is 0.476. The first kappa shape index (κ1) is 19.7. The van der Waals surface area contributed by atoms with Gasteiger partial charge in [-0.2, -0.15) is 0 Å². The normalized spacial score (nSPS) is 16.6. The first-order valence-corrected chi connectivity index (χ1v) is 11.0. The summed E-state index contributed by atoms with van der Waals surface area (Å²) in [6.45, 7) is 6.67. The van der Waals surface area contributed by atoms with Crippen molar-refractivity contribution in [3.63, 3.8) is 0 Å². The molecule has 0 spiro atoms. The molecule has 1 N–H and O–H groups in total. The topological polar surface area (TPSA) is 74.8 Å². The number of amides is 2. The number of nitrogens with one attached hydrogen (secondary N) is 1. The molecular weight excluding hydrogens is 388 g/mol. The molecule has 2 amide bonds. The quantitative estimate of drug-likeness (QED) is 0.773. The zero-order chi connectivity index (χ0) is 20.4. The number of rotatable bonds is 4. The van der Waals surface area contributed by atoms with E-state index >= 15 is 0 Å². The number of urea groups is 1. The smallest absolute Gasteiger partial charge is 0.357 e. The number of esters is 1.